The van der Waals surface area contributed by atoms with Crippen LogP contribution >= 0.6 is 11.6 Å². The highest BCUT2D eigenvalue weighted by molar-refractivity contribution is 6.30. The summed E-state index contributed by atoms with van der Waals surface area (Å²) in [5, 5.41) is 4.07. The van der Waals surface area contributed by atoms with Crippen molar-refractivity contribution in [3.8, 4) is 11.3 Å². The van der Waals surface area contributed by atoms with Crippen LogP contribution in [0.4, 0.5) is 0 Å². The van der Waals surface area contributed by atoms with E-state index in [1.54, 1.807) is 0 Å². The van der Waals surface area contributed by atoms with Crippen LogP contribution in [0.3, 0.4) is 0 Å². The molecule has 2 heterocycles. The number of carbonyl (C=O) groups is 1. The van der Waals surface area contributed by atoms with Crippen LogP contribution in [0, 0.1) is 0 Å². The Kier molecular flexibility index (Phi) is 6.30. The lowest BCUT2D eigenvalue weighted by Gasteiger charge is -2.31. The maximum Gasteiger partial charge on any atom is 0.244 e. The summed E-state index contributed by atoms with van der Waals surface area (Å²) in [7, 11) is 0. The van der Waals surface area contributed by atoms with E-state index in [0.717, 1.165) is 22.6 Å². The second-order valence-corrected chi connectivity index (χ2v) is 7.37. The number of benzene rings is 2. The number of carbonyl (C=O) groups excluding carboxylic acids is 1. The first-order chi connectivity index (χ1) is 14.2. The Morgan fingerprint density at radius 1 is 1.00 bits per heavy atom. The first-order valence-electron chi connectivity index (χ1n) is 9.70. The van der Waals surface area contributed by atoms with Gasteiger partial charge < -0.3 is 14.1 Å². The number of morpholine rings is 1. The molecule has 1 N–H and O–H groups in total. The first-order valence-corrected chi connectivity index (χ1v) is 10.1. The summed E-state index contributed by atoms with van der Waals surface area (Å²) in [6.45, 7) is 2.84. The summed E-state index contributed by atoms with van der Waals surface area (Å²) < 4.78 is 11.3. The molecule has 0 bridgehead atoms. The number of amides is 1. The van der Waals surface area contributed by atoms with Gasteiger partial charge in [0.2, 0.25) is 5.91 Å². The fourth-order valence-electron chi connectivity index (χ4n) is 3.40. The van der Waals surface area contributed by atoms with Crippen LogP contribution < -0.4 is 5.32 Å². The first kappa shape index (κ1) is 19.7. The molecular formula is C23H23ClN2O3. The minimum absolute atomic E-state index is 0.0592. The molecule has 150 valence electrons. The third-order valence-corrected chi connectivity index (χ3v) is 5.23. The van der Waals surface area contributed by atoms with E-state index in [2.05, 4.69) is 5.32 Å². The zero-order valence-corrected chi connectivity index (χ0v) is 16.8. The van der Waals surface area contributed by atoms with Crippen LogP contribution in [0.5, 0.6) is 0 Å². The van der Waals surface area contributed by atoms with Gasteiger partial charge in [-0.25, -0.2) is 0 Å². The molecule has 1 aliphatic heterocycles. The van der Waals surface area contributed by atoms with E-state index in [1.165, 1.54) is 0 Å². The number of nitrogens with one attached hydrogen (secondary N) is 1. The molecule has 1 saturated heterocycles. The Hall–Kier alpha value is -2.60. The smallest absolute Gasteiger partial charge is 0.244 e. The molecule has 1 atom stereocenters. The van der Waals surface area contributed by atoms with Crippen LogP contribution in [0.1, 0.15) is 17.4 Å². The number of halogens is 1. The molecule has 2 aromatic carbocycles. The van der Waals surface area contributed by atoms with Crippen molar-refractivity contribution in [2.75, 3.05) is 26.3 Å². The van der Waals surface area contributed by atoms with Gasteiger partial charge in [0.1, 0.15) is 17.6 Å². The molecule has 0 unspecified atom stereocenters. The molecule has 0 aliphatic carbocycles. The molecule has 1 aromatic heterocycles. The third-order valence-electron chi connectivity index (χ3n) is 4.97. The second kappa shape index (κ2) is 9.27. The molecule has 0 spiro atoms. The lowest BCUT2D eigenvalue weighted by Crippen LogP contribution is -2.46. The van der Waals surface area contributed by atoms with Gasteiger partial charge in [-0.15, -0.1) is 0 Å². The van der Waals surface area contributed by atoms with Crippen LogP contribution in [-0.4, -0.2) is 37.1 Å². The molecule has 0 saturated carbocycles. The van der Waals surface area contributed by atoms with E-state index in [9.17, 15) is 4.79 Å². The average molecular weight is 411 g/mol. The van der Waals surface area contributed by atoms with Crippen molar-refractivity contribution in [2.45, 2.75) is 12.6 Å². The van der Waals surface area contributed by atoms with Crippen molar-refractivity contribution in [1.82, 2.24) is 10.2 Å². The molecule has 1 aliphatic rings. The second-order valence-electron chi connectivity index (χ2n) is 6.94. The largest absolute Gasteiger partial charge is 0.460 e. The molecular weight excluding hydrogens is 388 g/mol. The van der Waals surface area contributed by atoms with Gasteiger partial charge in [0.15, 0.2) is 0 Å². The highest BCUT2D eigenvalue weighted by Gasteiger charge is 2.27. The van der Waals surface area contributed by atoms with Crippen molar-refractivity contribution in [2.24, 2.45) is 0 Å². The zero-order chi connectivity index (χ0) is 20.1. The molecule has 0 radical (unpaired) electrons. The number of hydrogen-bond donors (Lipinski definition) is 1. The lowest BCUT2D eigenvalue weighted by atomic mass is 10.1. The van der Waals surface area contributed by atoms with Gasteiger partial charge in [-0.3, -0.25) is 10.1 Å². The number of hydrogen-bond acceptors (Lipinski definition) is 4. The summed E-state index contributed by atoms with van der Waals surface area (Å²) >= 11 is 5.96. The highest BCUT2D eigenvalue weighted by Crippen LogP contribution is 2.24. The van der Waals surface area contributed by atoms with Gasteiger partial charge in [-0.05, 0) is 42.0 Å². The molecule has 4 rings (SSSR count). The van der Waals surface area contributed by atoms with Gasteiger partial charge in [-0.1, -0.05) is 41.9 Å². The van der Waals surface area contributed by atoms with Gasteiger partial charge >= 0.3 is 0 Å². The fraction of sp³-hybridized carbons (Fsp3) is 0.261. The van der Waals surface area contributed by atoms with Crippen LogP contribution in [0.2, 0.25) is 5.02 Å². The van der Waals surface area contributed by atoms with E-state index in [1.807, 2.05) is 71.6 Å². The SMILES string of the molecule is O=C([C@H](NCc1ccc(-c2ccc(Cl)cc2)o1)c1ccccc1)N1CCOCC1. The predicted molar refractivity (Wildman–Crippen MR) is 113 cm³/mol. The molecule has 3 aromatic rings. The summed E-state index contributed by atoms with van der Waals surface area (Å²) in [5.74, 6) is 1.60. The van der Waals surface area contributed by atoms with Gasteiger partial charge in [0, 0.05) is 23.7 Å². The molecule has 5 nitrogen and oxygen atoms in total. The molecule has 1 fully saturated rings. The van der Waals surface area contributed by atoms with Crippen LogP contribution in [0.15, 0.2) is 71.1 Å². The normalized spacial score (nSPS) is 15.3. The fourth-order valence-corrected chi connectivity index (χ4v) is 3.53. The summed E-state index contributed by atoms with van der Waals surface area (Å²) in [5.41, 5.74) is 1.90. The Morgan fingerprint density at radius 3 is 2.45 bits per heavy atom. The number of ether oxygens (including phenoxy) is 1. The molecule has 1 amide bonds. The van der Waals surface area contributed by atoms with Gasteiger partial charge in [-0.2, -0.15) is 0 Å². The Labute approximate surface area is 175 Å². The minimum atomic E-state index is -0.432. The van der Waals surface area contributed by atoms with Gasteiger partial charge in [0.25, 0.3) is 0 Å². The Bertz CT molecular complexity index is 934. The Balaban J connectivity index is 1.48. The van der Waals surface area contributed by atoms with E-state index < -0.39 is 6.04 Å². The van der Waals surface area contributed by atoms with E-state index in [-0.39, 0.29) is 5.91 Å². The van der Waals surface area contributed by atoms with Crippen molar-refractivity contribution in [1.29, 1.82) is 0 Å². The lowest BCUT2D eigenvalue weighted by molar-refractivity contribution is -0.137. The molecule has 29 heavy (non-hydrogen) atoms. The van der Waals surface area contributed by atoms with Crippen molar-refractivity contribution < 1.29 is 13.9 Å². The predicted octanol–water partition coefficient (Wildman–Crippen LogP) is 4.29. The topological polar surface area (TPSA) is 54.7 Å². The van der Waals surface area contributed by atoms with E-state index >= 15 is 0 Å². The number of rotatable bonds is 6. The van der Waals surface area contributed by atoms with Gasteiger partial charge in [0.05, 0.1) is 19.8 Å². The highest BCUT2D eigenvalue weighted by atomic mass is 35.5. The summed E-state index contributed by atoms with van der Waals surface area (Å²) in [6, 6.07) is 20.7. The van der Waals surface area contributed by atoms with Crippen LogP contribution in [0.25, 0.3) is 11.3 Å². The maximum absolute atomic E-state index is 13.1. The van der Waals surface area contributed by atoms with Crippen molar-refractivity contribution in [3.63, 3.8) is 0 Å². The standard InChI is InChI=1S/C23H23ClN2O3/c24-19-8-6-17(7-9-19)21-11-10-20(29-21)16-25-22(18-4-2-1-3-5-18)23(27)26-12-14-28-15-13-26/h1-11,22,25H,12-16H2/t22-/m1/s1. The zero-order valence-electron chi connectivity index (χ0n) is 16.0. The van der Waals surface area contributed by atoms with E-state index in [4.69, 9.17) is 20.8 Å². The summed E-state index contributed by atoms with van der Waals surface area (Å²) in [6.07, 6.45) is 0. The third kappa shape index (κ3) is 4.88. The van der Waals surface area contributed by atoms with Crippen LogP contribution in [-0.2, 0) is 16.1 Å². The van der Waals surface area contributed by atoms with Crippen molar-refractivity contribution >= 4 is 17.5 Å². The molecule has 6 heteroatoms. The number of furan rings is 1. The Morgan fingerprint density at radius 2 is 1.72 bits per heavy atom. The minimum Gasteiger partial charge on any atom is -0.460 e. The quantitative estimate of drug-likeness (QED) is 0.658. The number of nitrogens with zero attached hydrogens (tertiary/aromatic N) is 1. The average Bonchev–Trinajstić information content (AvgIpc) is 3.24. The summed E-state index contributed by atoms with van der Waals surface area (Å²) in [4.78, 5) is 15.0. The maximum atomic E-state index is 13.1. The van der Waals surface area contributed by atoms with E-state index in [0.29, 0.717) is 37.9 Å². The monoisotopic (exact) mass is 410 g/mol. The van der Waals surface area contributed by atoms with Crippen molar-refractivity contribution in [3.05, 3.63) is 83.1 Å².